The van der Waals surface area contributed by atoms with Crippen LogP contribution >= 0.6 is 0 Å². The van der Waals surface area contributed by atoms with E-state index in [1.165, 1.54) is 6.20 Å². The zero-order valence-corrected chi connectivity index (χ0v) is 19.1. The van der Waals surface area contributed by atoms with E-state index >= 15 is 0 Å². The van der Waals surface area contributed by atoms with Gasteiger partial charge in [0.25, 0.3) is 5.91 Å². The zero-order valence-electron chi connectivity index (χ0n) is 19.1. The number of carboxylic acids is 1. The van der Waals surface area contributed by atoms with Crippen LogP contribution < -0.4 is 10.7 Å². The summed E-state index contributed by atoms with van der Waals surface area (Å²) >= 11 is 0. The minimum Gasteiger partial charge on any atom is -0.481 e. The van der Waals surface area contributed by atoms with Crippen LogP contribution in [0.2, 0.25) is 0 Å². The number of pyridine rings is 2. The van der Waals surface area contributed by atoms with Crippen molar-refractivity contribution < 1.29 is 19.1 Å². The number of halogens is 1. The molecular weight excluding hydrogens is 461 g/mol. The number of aromatic nitrogens is 2. The summed E-state index contributed by atoms with van der Waals surface area (Å²) in [6, 6.07) is 18.2. The molecule has 4 aromatic rings. The molecule has 2 heterocycles. The number of rotatable bonds is 6. The number of fused-ring (bicyclic) bond motifs is 1. The SMILES string of the molecule is O=C(N[C@@H]1C[C@@H]1F)c1cn(-c2cccc(-c3ccc([C@@H]4C[C@H]4C(=O)O)cc3)c2)c2ncccc2c1=O. The number of alkyl halides is 1. The normalized spacial score (nSPS) is 22.2. The minimum atomic E-state index is -1.07. The molecule has 2 aromatic carbocycles. The Hall–Kier alpha value is -4.33. The Kier molecular flexibility index (Phi) is 5.17. The molecule has 7 nitrogen and oxygen atoms in total. The predicted octanol–water partition coefficient (Wildman–Crippen LogP) is 4.08. The molecule has 180 valence electrons. The topological polar surface area (TPSA) is 101 Å². The fourth-order valence-electron chi connectivity index (χ4n) is 4.67. The second kappa shape index (κ2) is 8.41. The molecule has 36 heavy (non-hydrogen) atoms. The summed E-state index contributed by atoms with van der Waals surface area (Å²) < 4.78 is 15.0. The molecule has 1 amide bonds. The maximum Gasteiger partial charge on any atom is 0.307 e. The van der Waals surface area contributed by atoms with E-state index in [-0.39, 0.29) is 23.8 Å². The second-order valence-corrected chi connectivity index (χ2v) is 9.41. The first kappa shape index (κ1) is 22.2. The quantitative estimate of drug-likeness (QED) is 0.430. The fourth-order valence-corrected chi connectivity index (χ4v) is 4.67. The van der Waals surface area contributed by atoms with E-state index in [0.717, 1.165) is 16.7 Å². The number of nitrogens with zero attached hydrogens (tertiary/aromatic N) is 2. The molecule has 2 saturated carbocycles. The predicted molar refractivity (Wildman–Crippen MR) is 132 cm³/mol. The Morgan fingerprint density at radius 2 is 1.81 bits per heavy atom. The Morgan fingerprint density at radius 1 is 1.03 bits per heavy atom. The van der Waals surface area contributed by atoms with Crippen LogP contribution in [0.25, 0.3) is 27.8 Å². The van der Waals surface area contributed by atoms with E-state index in [9.17, 15) is 23.9 Å². The van der Waals surface area contributed by atoms with E-state index in [1.807, 2.05) is 48.5 Å². The number of nitrogens with one attached hydrogen (secondary N) is 1. The van der Waals surface area contributed by atoms with Crippen LogP contribution in [0.3, 0.4) is 0 Å². The third kappa shape index (κ3) is 3.94. The standard InChI is InChI=1S/C28H22FN3O4/c29-23-13-24(23)31-27(34)22-14-32(26-19(25(22)33)5-2-10-30-26)18-4-1-3-17(11-18)15-6-8-16(9-7-15)20-12-21(20)28(35)36/h1-11,14,20-21,23-24H,12-13H2,(H,31,34)(H,35,36)/t20-,21+,23-,24+/m0/s1. The van der Waals surface area contributed by atoms with Crippen molar-refractivity contribution in [2.45, 2.75) is 31.0 Å². The van der Waals surface area contributed by atoms with Crippen LogP contribution in [0, 0.1) is 5.92 Å². The first-order valence-corrected chi connectivity index (χ1v) is 11.8. The lowest BCUT2D eigenvalue weighted by molar-refractivity contribution is -0.138. The van der Waals surface area contributed by atoms with Gasteiger partial charge in [-0.3, -0.25) is 14.4 Å². The molecule has 2 N–H and O–H groups in total. The molecule has 2 aliphatic carbocycles. The molecule has 0 unspecified atom stereocenters. The number of carbonyl (C=O) groups is 2. The highest BCUT2D eigenvalue weighted by Crippen LogP contribution is 2.47. The summed E-state index contributed by atoms with van der Waals surface area (Å²) in [4.78, 5) is 41.4. The minimum absolute atomic E-state index is 0.0642. The highest BCUT2D eigenvalue weighted by molar-refractivity contribution is 5.97. The molecule has 8 heteroatoms. The average Bonchev–Trinajstić information content (AvgIpc) is 3.82. The highest BCUT2D eigenvalue weighted by atomic mass is 19.1. The molecule has 0 aliphatic heterocycles. The molecule has 6 rings (SSSR count). The van der Waals surface area contributed by atoms with Gasteiger partial charge in [0.2, 0.25) is 5.43 Å². The summed E-state index contributed by atoms with van der Waals surface area (Å²) in [5.74, 6) is -1.60. The fraction of sp³-hybridized carbons (Fsp3) is 0.214. The first-order chi connectivity index (χ1) is 17.4. The number of hydrogen-bond donors (Lipinski definition) is 2. The molecule has 0 saturated heterocycles. The van der Waals surface area contributed by atoms with Crippen LogP contribution in [-0.2, 0) is 4.79 Å². The Morgan fingerprint density at radius 3 is 2.50 bits per heavy atom. The van der Waals surface area contributed by atoms with E-state index < -0.39 is 29.5 Å². The molecule has 0 radical (unpaired) electrons. The number of benzene rings is 2. The van der Waals surface area contributed by atoms with Crippen molar-refractivity contribution in [3.05, 3.63) is 94.4 Å². The van der Waals surface area contributed by atoms with E-state index in [1.54, 1.807) is 22.9 Å². The van der Waals surface area contributed by atoms with Gasteiger partial charge in [0.05, 0.1) is 17.3 Å². The van der Waals surface area contributed by atoms with Crippen LogP contribution in [-0.4, -0.2) is 38.7 Å². The lowest BCUT2D eigenvalue weighted by Crippen LogP contribution is -2.32. The van der Waals surface area contributed by atoms with Gasteiger partial charge < -0.3 is 15.0 Å². The van der Waals surface area contributed by atoms with E-state index in [4.69, 9.17) is 0 Å². The van der Waals surface area contributed by atoms with Crippen molar-refractivity contribution in [1.29, 1.82) is 0 Å². The van der Waals surface area contributed by atoms with Crippen LogP contribution in [0.1, 0.15) is 34.7 Å². The largest absolute Gasteiger partial charge is 0.481 e. The van der Waals surface area contributed by atoms with Gasteiger partial charge in [-0.2, -0.15) is 0 Å². The molecule has 2 aromatic heterocycles. The van der Waals surface area contributed by atoms with Crippen LogP contribution in [0.5, 0.6) is 0 Å². The molecular formula is C28H22FN3O4. The van der Waals surface area contributed by atoms with Gasteiger partial charge in [0, 0.05) is 24.5 Å². The molecule has 0 spiro atoms. The molecule has 0 bridgehead atoms. The lowest BCUT2D eigenvalue weighted by atomic mass is 10.0. The van der Waals surface area contributed by atoms with E-state index in [2.05, 4.69) is 10.3 Å². The molecule has 2 aliphatic rings. The summed E-state index contributed by atoms with van der Waals surface area (Å²) in [6.45, 7) is 0. The molecule has 4 atom stereocenters. The van der Waals surface area contributed by atoms with Gasteiger partial charge in [-0.15, -0.1) is 0 Å². The highest BCUT2D eigenvalue weighted by Gasteiger charge is 2.44. The van der Waals surface area contributed by atoms with Crippen LogP contribution in [0.4, 0.5) is 4.39 Å². The summed E-state index contributed by atoms with van der Waals surface area (Å²) in [6.07, 6.45) is 2.90. The maximum atomic E-state index is 13.3. The number of carbonyl (C=O) groups excluding carboxylic acids is 1. The number of aliphatic carboxylic acids is 1. The Balaban J connectivity index is 1.37. The summed E-state index contributed by atoms with van der Waals surface area (Å²) in [5.41, 5.74) is 3.48. The Labute approximate surface area is 205 Å². The first-order valence-electron chi connectivity index (χ1n) is 11.8. The van der Waals surface area contributed by atoms with Gasteiger partial charge in [-0.05, 0) is 53.3 Å². The average molecular weight is 483 g/mol. The smallest absolute Gasteiger partial charge is 0.307 e. The van der Waals surface area contributed by atoms with Crippen molar-refractivity contribution in [3.63, 3.8) is 0 Å². The van der Waals surface area contributed by atoms with Gasteiger partial charge in [-0.25, -0.2) is 9.37 Å². The van der Waals surface area contributed by atoms with Crippen molar-refractivity contribution >= 4 is 22.9 Å². The third-order valence-corrected chi connectivity index (χ3v) is 6.94. The number of hydrogen-bond acceptors (Lipinski definition) is 4. The number of amides is 1. The lowest BCUT2D eigenvalue weighted by Gasteiger charge is -2.14. The van der Waals surface area contributed by atoms with E-state index in [0.29, 0.717) is 23.1 Å². The number of carboxylic acid groups (broad SMARTS) is 1. The third-order valence-electron chi connectivity index (χ3n) is 6.94. The second-order valence-electron chi connectivity index (χ2n) is 9.41. The Bertz CT molecular complexity index is 1580. The monoisotopic (exact) mass is 483 g/mol. The van der Waals surface area contributed by atoms with Crippen molar-refractivity contribution in [1.82, 2.24) is 14.9 Å². The van der Waals surface area contributed by atoms with Gasteiger partial charge in [-0.1, -0.05) is 36.4 Å². The van der Waals surface area contributed by atoms with Gasteiger partial charge >= 0.3 is 5.97 Å². The van der Waals surface area contributed by atoms with Crippen molar-refractivity contribution in [2.75, 3.05) is 0 Å². The van der Waals surface area contributed by atoms with Crippen LogP contribution in [0.15, 0.2) is 77.9 Å². The zero-order chi connectivity index (χ0) is 25.0. The summed E-state index contributed by atoms with van der Waals surface area (Å²) in [7, 11) is 0. The molecule has 2 fully saturated rings. The summed E-state index contributed by atoms with van der Waals surface area (Å²) in [5, 5.41) is 12.1. The van der Waals surface area contributed by atoms with Crippen molar-refractivity contribution in [3.8, 4) is 16.8 Å². The van der Waals surface area contributed by atoms with Gasteiger partial charge in [0.15, 0.2) is 0 Å². The van der Waals surface area contributed by atoms with Gasteiger partial charge in [0.1, 0.15) is 17.4 Å². The van der Waals surface area contributed by atoms with Crippen molar-refractivity contribution in [2.24, 2.45) is 5.92 Å². The maximum absolute atomic E-state index is 13.3.